The molecule has 0 aliphatic carbocycles. The Morgan fingerprint density at radius 3 is 1.36 bits per heavy atom. The van der Waals surface area contributed by atoms with E-state index in [1.54, 1.807) is 68.2 Å². The number of para-hydroxylation sites is 2. The summed E-state index contributed by atoms with van der Waals surface area (Å²) in [5, 5.41) is 35.9. The molecule has 58 heavy (non-hydrogen) atoms. The third-order valence-electron chi connectivity index (χ3n) is 8.61. The lowest BCUT2D eigenvalue weighted by atomic mass is 9.91. The quantitative estimate of drug-likeness (QED) is 0.0404. The summed E-state index contributed by atoms with van der Waals surface area (Å²) in [7, 11) is 1.60. The van der Waals surface area contributed by atoms with Crippen molar-refractivity contribution in [3.63, 3.8) is 0 Å². The molecule has 0 spiro atoms. The Labute approximate surface area is 342 Å². The van der Waals surface area contributed by atoms with E-state index in [0.717, 1.165) is 48.4 Å². The van der Waals surface area contributed by atoms with E-state index in [1.165, 1.54) is 0 Å². The molecule has 11 heteroatoms. The average Bonchev–Trinajstić information content (AvgIpc) is 3.24. The van der Waals surface area contributed by atoms with Gasteiger partial charge >= 0.3 is 0 Å². The maximum absolute atomic E-state index is 10.1. The average molecular weight is 782 g/mol. The number of phenolic OH excluding ortho intramolecular Hbond substituents is 3. The Kier molecular flexibility index (Phi) is 19.6. The van der Waals surface area contributed by atoms with Gasteiger partial charge in [0.25, 0.3) is 0 Å². The number of methoxy groups -OCH3 is 1. The predicted molar refractivity (Wildman–Crippen MR) is 240 cm³/mol. The summed E-state index contributed by atoms with van der Waals surface area (Å²) in [6.07, 6.45) is 8.83. The number of benzene rings is 5. The number of nitrogens with one attached hydrogen (secondary N) is 2. The Morgan fingerprint density at radius 2 is 0.897 bits per heavy atom. The van der Waals surface area contributed by atoms with Crippen LogP contribution in [0.15, 0.2) is 152 Å². The number of aliphatic imine (C=N–C) groups is 5. The second kappa shape index (κ2) is 25.7. The molecule has 0 aromatic heterocycles. The third-order valence-corrected chi connectivity index (χ3v) is 8.61. The lowest BCUT2D eigenvalue weighted by molar-refractivity contribution is 0.366. The molecule has 5 rings (SSSR count). The zero-order valence-electron chi connectivity index (χ0n) is 33.4. The topological polar surface area (TPSA) is 156 Å². The predicted octanol–water partition coefficient (Wildman–Crippen LogP) is 6.88. The minimum absolute atomic E-state index is 0.167. The van der Waals surface area contributed by atoms with Crippen molar-refractivity contribution in [1.29, 1.82) is 0 Å². The molecule has 0 amide bonds. The number of ether oxygens (including phenoxy) is 1. The lowest BCUT2D eigenvalue weighted by Gasteiger charge is -2.23. The number of phenols is 3. The van der Waals surface area contributed by atoms with E-state index in [9.17, 15) is 15.3 Å². The molecule has 5 aromatic carbocycles. The van der Waals surface area contributed by atoms with Crippen LogP contribution < -0.4 is 15.4 Å². The van der Waals surface area contributed by atoms with Crippen molar-refractivity contribution in [2.24, 2.45) is 30.4 Å². The molecule has 0 fully saturated rings. The standard InChI is InChI=1S/C27H29N3O2.C20H26N4O2/c1-27(19-28-16-22-9-5-3-6-10-22,20-29-17-23-11-7-4-8-12-23)21-30-18-24-15-25(32-2)13-14-26(24)31;25-19-7-3-1-5-17(19)15-23-13-11-21-9-10-22-12-14-24-16-18-6-2-4-8-20(18)26/h3-18,31H,19-21H2,1-2H3;1-8,15-16,21-22,25-26H,9-14H2. The fourth-order valence-electron chi connectivity index (χ4n) is 5.33. The highest BCUT2D eigenvalue weighted by molar-refractivity contribution is 5.85. The molecule has 0 saturated heterocycles. The van der Waals surface area contributed by atoms with Gasteiger partial charge in [0.1, 0.15) is 23.0 Å². The van der Waals surface area contributed by atoms with Crippen LogP contribution in [0.2, 0.25) is 0 Å². The molecule has 0 radical (unpaired) electrons. The maximum Gasteiger partial charge on any atom is 0.124 e. The van der Waals surface area contributed by atoms with Crippen LogP contribution in [0.5, 0.6) is 23.0 Å². The number of hydrogen-bond donors (Lipinski definition) is 5. The Bertz CT molecular complexity index is 1960. The van der Waals surface area contributed by atoms with Gasteiger partial charge in [0.15, 0.2) is 0 Å². The van der Waals surface area contributed by atoms with E-state index in [-0.39, 0.29) is 22.7 Å². The lowest BCUT2D eigenvalue weighted by Crippen LogP contribution is -2.30. The second-order valence-electron chi connectivity index (χ2n) is 13.7. The molecule has 11 nitrogen and oxygen atoms in total. The first-order valence-electron chi connectivity index (χ1n) is 19.3. The molecular formula is C47H55N7O4. The summed E-state index contributed by atoms with van der Waals surface area (Å²) < 4.78 is 5.24. The first kappa shape index (κ1) is 44.3. The van der Waals surface area contributed by atoms with Gasteiger partial charge in [0.2, 0.25) is 0 Å². The van der Waals surface area contributed by atoms with Gasteiger partial charge < -0.3 is 30.7 Å². The van der Waals surface area contributed by atoms with Crippen molar-refractivity contribution >= 4 is 31.1 Å². The Balaban J connectivity index is 0.000000262. The van der Waals surface area contributed by atoms with Crippen molar-refractivity contribution in [3.05, 3.63) is 155 Å². The molecule has 5 aromatic rings. The molecule has 0 bridgehead atoms. The van der Waals surface area contributed by atoms with Gasteiger partial charge in [-0.1, -0.05) is 91.9 Å². The molecule has 302 valence electrons. The van der Waals surface area contributed by atoms with E-state index >= 15 is 0 Å². The van der Waals surface area contributed by atoms with E-state index in [4.69, 9.17) is 4.74 Å². The summed E-state index contributed by atoms with van der Waals surface area (Å²) in [6.45, 7) is 8.42. The number of rotatable bonds is 21. The molecule has 0 unspecified atom stereocenters. The molecular weight excluding hydrogens is 727 g/mol. The van der Waals surface area contributed by atoms with E-state index in [0.29, 0.717) is 44.0 Å². The summed E-state index contributed by atoms with van der Waals surface area (Å²) in [5.74, 6) is 1.34. The van der Waals surface area contributed by atoms with Crippen molar-refractivity contribution < 1.29 is 20.1 Å². The van der Waals surface area contributed by atoms with Crippen LogP contribution in [0.3, 0.4) is 0 Å². The number of aromatic hydroxyl groups is 3. The first-order valence-corrected chi connectivity index (χ1v) is 19.3. The van der Waals surface area contributed by atoms with Gasteiger partial charge in [0.05, 0.1) is 20.2 Å². The SMILES string of the molecule is COc1ccc(O)c(C=NCC(C)(CN=Cc2ccccc2)CN=Cc2ccccc2)c1.Oc1ccccc1C=NCCNCCNCCN=Cc1ccccc1O. The normalized spacial score (nSPS) is 12.7. The van der Waals surface area contributed by atoms with Crippen LogP contribution in [0.25, 0.3) is 0 Å². The van der Waals surface area contributed by atoms with E-state index < -0.39 is 0 Å². The van der Waals surface area contributed by atoms with Gasteiger partial charge in [-0.25, -0.2) is 0 Å². The van der Waals surface area contributed by atoms with Crippen molar-refractivity contribution in [2.75, 3.05) is 66.0 Å². The first-order chi connectivity index (χ1) is 28.3. The number of hydrogen-bond acceptors (Lipinski definition) is 11. The monoisotopic (exact) mass is 781 g/mol. The Hall–Kier alpha value is -6.43. The van der Waals surface area contributed by atoms with Gasteiger partial charge in [-0.05, 0) is 53.6 Å². The second-order valence-corrected chi connectivity index (χ2v) is 13.7. The highest BCUT2D eigenvalue weighted by atomic mass is 16.5. The molecule has 0 atom stereocenters. The third kappa shape index (κ3) is 17.2. The smallest absolute Gasteiger partial charge is 0.124 e. The van der Waals surface area contributed by atoms with Gasteiger partial charge in [-0.2, -0.15) is 0 Å². The summed E-state index contributed by atoms with van der Waals surface area (Å²) in [4.78, 5) is 22.5. The fourth-order valence-corrected chi connectivity index (χ4v) is 5.33. The highest BCUT2D eigenvalue weighted by Crippen LogP contribution is 2.23. The van der Waals surface area contributed by atoms with Crippen molar-refractivity contribution in [2.45, 2.75) is 6.92 Å². The van der Waals surface area contributed by atoms with E-state index in [2.05, 4.69) is 42.5 Å². The van der Waals surface area contributed by atoms with Crippen molar-refractivity contribution in [1.82, 2.24) is 10.6 Å². The molecule has 0 aliphatic rings. The summed E-state index contributed by atoms with van der Waals surface area (Å²) in [5.41, 5.74) is 3.94. The molecule has 0 heterocycles. The minimum Gasteiger partial charge on any atom is -0.507 e. The number of nitrogens with zero attached hydrogens (tertiary/aromatic N) is 5. The van der Waals surface area contributed by atoms with Crippen LogP contribution in [-0.2, 0) is 0 Å². The molecule has 0 aliphatic heterocycles. The van der Waals surface area contributed by atoms with Gasteiger partial charge in [-0.3, -0.25) is 25.0 Å². The fraction of sp³-hybridized carbons (Fsp3) is 0.255. The van der Waals surface area contributed by atoms with Gasteiger partial charge in [-0.15, -0.1) is 0 Å². The zero-order chi connectivity index (χ0) is 41.1. The molecule has 5 N–H and O–H groups in total. The largest absolute Gasteiger partial charge is 0.507 e. The van der Waals surface area contributed by atoms with Gasteiger partial charge in [0, 0.05) is 99.0 Å². The van der Waals surface area contributed by atoms with Crippen LogP contribution in [-0.4, -0.2) is 112 Å². The Morgan fingerprint density at radius 1 is 0.483 bits per heavy atom. The van der Waals surface area contributed by atoms with Crippen LogP contribution in [0.4, 0.5) is 0 Å². The minimum atomic E-state index is -0.276. The van der Waals surface area contributed by atoms with Crippen LogP contribution >= 0.6 is 0 Å². The van der Waals surface area contributed by atoms with E-state index in [1.807, 2.05) is 97.4 Å². The maximum atomic E-state index is 10.1. The zero-order valence-corrected chi connectivity index (χ0v) is 33.4. The molecule has 0 saturated carbocycles. The van der Waals surface area contributed by atoms with Crippen molar-refractivity contribution in [3.8, 4) is 23.0 Å². The summed E-state index contributed by atoms with van der Waals surface area (Å²) >= 11 is 0. The highest BCUT2D eigenvalue weighted by Gasteiger charge is 2.23. The summed E-state index contributed by atoms with van der Waals surface area (Å²) in [6, 6.07) is 39.4. The van der Waals surface area contributed by atoms with Crippen LogP contribution in [0.1, 0.15) is 34.7 Å². The van der Waals surface area contributed by atoms with Crippen LogP contribution in [0, 0.1) is 5.41 Å².